The number of ether oxygens (including phenoxy) is 2. The third-order valence-corrected chi connectivity index (χ3v) is 3.87. The van der Waals surface area contributed by atoms with Gasteiger partial charge in [0.15, 0.2) is 5.79 Å². The SMILES string of the molecule is Fc1cc(Br)cc(CN2CCC3(C2)OCCO3)c1. The lowest BCUT2D eigenvalue weighted by Gasteiger charge is -2.22. The molecule has 1 aromatic carbocycles. The molecule has 1 aromatic rings. The van der Waals surface area contributed by atoms with E-state index in [1.54, 1.807) is 6.07 Å². The van der Waals surface area contributed by atoms with Gasteiger partial charge in [-0.1, -0.05) is 15.9 Å². The predicted molar refractivity (Wildman–Crippen MR) is 68.6 cm³/mol. The monoisotopic (exact) mass is 315 g/mol. The number of likely N-dealkylation sites (tertiary alicyclic amines) is 1. The molecule has 5 heteroatoms. The summed E-state index contributed by atoms with van der Waals surface area (Å²) in [7, 11) is 0. The van der Waals surface area contributed by atoms with E-state index in [2.05, 4.69) is 20.8 Å². The first kappa shape index (κ1) is 12.5. The Hall–Kier alpha value is -0.490. The Balaban J connectivity index is 1.67. The lowest BCUT2D eigenvalue weighted by molar-refractivity contribution is -0.145. The van der Waals surface area contributed by atoms with E-state index in [0.29, 0.717) is 13.2 Å². The minimum Gasteiger partial charge on any atom is -0.346 e. The fourth-order valence-corrected chi connectivity index (χ4v) is 3.17. The summed E-state index contributed by atoms with van der Waals surface area (Å²) in [4.78, 5) is 2.24. The van der Waals surface area contributed by atoms with Crippen molar-refractivity contribution in [3.8, 4) is 0 Å². The van der Waals surface area contributed by atoms with Gasteiger partial charge in [0.25, 0.3) is 0 Å². The zero-order valence-electron chi connectivity index (χ0n) is 9.99. The highest BCUT2D eigenvalue weighted by molar-refractivity contribution is 9.10. The molecule has 98 valence electrons. The third-order valence-electron chi connectivity index (χ3n) is 3.42. The first-order valence-electron chi connectivity index (χ1n) is 6.10. The maximum Gasteiger partial charge on any atom is 0.182 e. The molecule has 3 rings (SSSR count). The molecule has 2 aliphatic rings. The normalized spacial score (nSPS) is 23.0. The minimum absolute atomic E-state index is 0.207. The van der Waals surface area contributed by atoms with Crippen LogP contribution in [0.1, 0.15) is 12.0 Å². The predicted octanol–water partition coefficient (Wildman–Crippen LogP) is 2.54. The quantitative estimate of drug-likeness (QED) is 0.837. The van der Waals surface area contributed by atoms with Crippen LogP contribution >= 0.6 is 15.9 Å². The summed E-state index contributed by atoms with van der Waals surface area (Å²) in [6.45, 7) is 3.78. The van der Waals surface area contributed by atoms with E-state index in [0.717, 1.165) is 36.1 Å². The van der Waals surface area contributed by atoms with Gasteiger partial charge in [0.2, 0.25) is 0 Å². The van der Waals surface area contributed by atoms with Crippen molar-refractivity contribution in [3.05, 3.63) is 34.1 Å². The highest BCUT2D eigenvalue weighted by Gasteiger charge is 2.43. The van der Waals surface area contributed by atoms with Crippen molar-refractivity contribution < 1.29 is 13.9 Å². The van der Waals surface area contributed by atoms with E-state index < -0.39 is 5.79 Å². The van der Waals surface area contributed by atoms with E-state index in [-0.39, 0.29) is 5.82 Å². The smallest absolute Gasteiger partial charge is 0.182 e. The largest absolute Gasteiger partial charge is 0.346 e. The molecule has 1 spiro atoms. The van der Waals surface area contributed by atoms with Gasteiger partial charge in [-0.2, -0.15) is 0 Å². The van der Waals surface area contributed by atoms with E-state index >= 15 is 0 Å². The van der Waals surface area contributed by atoms with Crippen LogP contribution in [0.15, 0.2) is 22.7 Å². The number of benzene rings is 1. The van der Waals surface area contributed by atoms with Crippen LogP contribution in [0.4, 0.5) is 4.39 Å². The Morgan fingerprint density at radius 1 is 1.28 bits per heavy atom. The molecule has 18 heavy (non-hydrogen) atoms. The molecule has 0 unspecified atom stereocenters. The van der Waals surface area contributed by atoms with Crippen molar-refractivity contribution >= 4 is 15.9 Å². The second kappa shape index (κ2) is 4.89. The minimum atomic E-state index is -0.398. The fraction of sp³-hybridized carbons (Fsp3) is 0.538. The first-order chi connectivity index (χ1) is 8.65. The Kier molecular flexibility index (Phi) is 3.40. The van der Waals surface area contributed by atoms with Gasteiger partial charge in [0.05, 0.1) is 19.8 Å². The highest BCUT2D eigenvalue weighted by Crippen LogP contribution is 2.31. The summed E-state index contributed by atoms with van der Waals surface area (Å²) >= 11 is 3.31. The number of rotatable bonds is 2. The average molecular weight is 316 g/mol. The molecule has 2 saturated heterocycles. The standard InChI is InChI=1S/C13H15BrFNO2/c14-11-5-10(6-12(15)7-11)8-16-2-1-13(9-16)17-3-4-18-13/h5-7H,1-4,8-9H2. The summed E-state index contributed by atoms with van der Waals surface area (Å²) in [6, 6.07) is 4.99. The number of hydrogen-bond acceptors (Lipinski definition) is 3. The first-order valence-corrected chi connectivity index (χ1v) is 6.90. The maximum atomic E-state index is 13.3. The Labute approximate surface area is 114 Å². The molecule has 0 radical (unpaired) electrons. The van der Waals surface area contributed by atoms with Gasteiger partial charge < -0.3 is 9.47 Å². The maximum absolute atomic E-state index is 13.3. The average Bonchev–Trinajstić information content (AvgIpc) is 2.89. The Morgan fingerprint density at radius 3 is 2.78 bits per heavy atom. The van der Waals surface area contributed by atoms with Crippen molar-refractivity contribution in [1.29, 1.82) is 0 Å². The molecule has 2 heterocycles. The zero-order chi connectivity index (χ0) is 12.6. The van der Waals surface area contributed by atoms with Crippen LogP contribution in [-0.4, -0.2) is 37.0 Å². The van der Waals surface area contributed by atoms with Crippen LogP contribution in [0.3, 0.4) is 0 Å². The molecule has 0 aromatic heterocycles. The van der Waals surface area contributed by atoms with Crippen LogP contribution in [0, 0.1) is 5.82 Å². The number of hydrogen-bond donors (Lipinski definition) is 0. The summed E-state index contributed by atoms with van der Waals surface area (Å²) < 4.78 is 25.4. The second-order valence-electron chi connectivity index (χ2n) is 4.85. The molecule has 0 bridgehead atoms. The lowest BCUT2D eigenvalue weighted by atomic mass is 10.2. The summed E-state index contributed by atoms with van der Waals surface area (Å²) in [5, 5.41) is 0. The van der Waals surface area contributed by atoms with Crippen LogP contribution < -0.4 is 0 Å². The van der Waals surface area contributed by atoms with Gasteiger partial charge >= 0.3 is 0 Å². The van der Waals surface area contributed by atoms with Crippen molar-refractivity contribution in [1.82, 2.24) is 4.90 Å². The molecule has 2 aliphatic heterocycles. The van der Waals surface area contributed by atoms with Gasteiger partial charge in [-0.05, 0) is 23.8 Å². The van der Waals surface area contributed by atoms with Gasteiger partial charge in [-0.15, -0.1) is 0 Å². The highest BCUT2D eigenvalue weighted by atomic mass is 79.9. The molecule has 0 atom stereocenters. The second-order valence-corrected chi connectivity index (χ2v) is 5.76. The number of nitrogens with zero attached hydrogens (tertiary/aromatic N) is 1. The van der Waals surface area contributed by atoms with Gasteiger partial charge in [0, 0.05) is 24.0 Å². The molecule has 0 amide bonds. The molecule has 3 nitrogen and oxygen atoms in total. The third kappa shape index (κ3) is 2.59. The Morgan fingerprint density at radius 2 is 2.06 bits per heavy atom. The topological polar surface area (TPSA) is 21.7 Å². The molecule has 0 N–H and O–H groups in total. The molecular formula is C13H15BrFNO2. The molecule has 0 aliphatic carbocycles. The molecular weight excluding hydrogens is 301 g/mol. The van der Waals surface area contributed by atoms with Crippen LogP contribution in [0.25, 0.3) is 0 Å². The lowest BCUT2D eigenvalue weighted by Crippen LogP contribution is -2.34. The van der Waals surface area contributed by atoms with Crippen LogP contribution in [0.5, 0.6) is 0 Å². The number of halogens is 2. The van der Waals surface area contributed by atoms with E-state index in [9.17, 15) is 4.39 Å². The summed E-state index contributed by atoms with van der Waals surface area (Å²) in [5.74, 6) is -0.605. The van der Waals surface area contributed by atoms with Gasteiger partial charge in [-0.25, -0.2) is 4.39 Å². The van der Waals surface area contributed by atoms with Gasteiger partial charge in [-0.3, -0.25) is 4.90 Å². The Bertz CT molecular complexity index is 428. The van der Waals surface area contributed by atoms with Crippen molar-refractivity contribution in [2.45, 2.75) is 18.8 Å². The summed E-state index contributed by atoms with van der Waals surface area (Å²) in [5.41, 5.74) is 0.969. The van der Waals surface area contributed by atoms with Crippen molar-refractivity contribution in [3.63, 3.8) is 0 Å². The van der Waals surface area contributed by atoms with E-state index in [4.69, 9.17) is 9.47 Å². The van der Waals surface area contributed by atoms with Gasteiger partial charge in [0.1, 0.15) is 5.82 Å². The fourth-order valence-electron chi connectivity index (χ4n) is 2.66. The molecule has 0 saturated carbocycles. The molecule has 2 fully saturated rings. The van der Waals surface area contributed by atoms with Crippen LogP contribution in [0.2, 0.25) is 0 Å². The van der Waals surface area contributed by atoms with E-state index in [1.165, 1.54) is 6.07 Å². The van der Waals surface area contributed by atoms with Crippen molar-refractivity contribution in [2.75, 3.05) is 26.3 Å². The summed E-state index contributed by atoms with van der Waals surface area (Å²) in [6.07, 6.45) is 0.892. The van der Waals surface area contributed by atoms with Crippen molar-refractivity contribution in [2.24, 2.45) is 0 Å². The zero-order valence-corrected chi connectivity index (χ0v) is 11.6. The van der Waals surface area contributed by atoms with E-state index in [1.807, 2.05) is 6.07 Å². The van der Waals surface area contributed by atoms with Crippen LogP contribution in [-0.2, 0) is 16.0 Å².